The zero-order chi connectivity index (χ0) is 21.0. The first-order valence-electron chi connectivity index (χ1n) is 8.40. The number of carbonyl (C=O) groups excluding carboxylic acids is 1. The number of imidazole rings is 1. The lowest BCUT2D eigenvalue weighted by molar-refractivity contribution is -0.137. The van der Waals surface area contributed by atoms with Crippen LogP contribution in [0.15, 0.2) is 47.8 Å². The molecular formula is C17H14F3N5O3S. The van der Waals surface area contributed by atoms with Crippen LogP contribution in [0.2, 0.25) is 0 Å². The number of hydrogen-bond acceptors (Lipinski definition) is 5. The van der Waals surface area contributed by atoms with Crippen LogP contribution in [0.5, 0.6) is 0 Å². The Labute approximate surface area is 162 Å². The number of H-pyrrole nitrogens is 2. The quantitative estimate of drug-likeness (QED) is 0.670. The van der Waals surface area contributed by atoms with Gasteiger partial charge in [-0.2, -0.15) is 22.6 Å². The number of alkyl halides is 3. The number of halogens is 3. The molecule has 2 unspecified atom stereocenters. The highest BCUT2D eigenvalue weighted by molar-refractivity contribution is 7.89. The maximum atomic E-state index is 13.4. The van der Waals surface area contributed by atoms with Gasteiger partial charge in [-0.05, 0) is 31.2 Å². The van der Waals surface area contributed by atoms with E-state index in [1.807, 2.05) is 0 Å². The van der Waals surface area contributed by atoms with E-state index in [1.54, 1.807) is 0 Å². The van der Waals surface area contributed by atoms with E-state index in [4.69, 9.17) is 0 Å². The first kappa shape index (κ1) is 19.3. The summed E-state index contributed by atoms with van der Waals surface area (Å²) in [5.74, 6) is -0.252. The summed E-state index contributed by atoms with van der Waals surface area (Å²) >= 11 is 0. The molecule has 1 aliphatic heterocycles. The molecule has 0 aliphatic carbocycles. The van der Waals surface area contributed by atoms with Gasteiger partial charge in [0.1, 0.15) is 17.6 Å². The molecule has 2 N–H and O–H groups in total. The number of benzene rings is 1. The molecule has 3 heterocycles. The van der Waals surface area contributed by atoms with Crippen molar-refractivity contribution in [1.82, 2.24) is 24.5 Å². The van der Waals surface area contributed by atoms with Gasteiger partial charge >= 0.3 is 6.18 Å². The number of aromatic nitrogens is 4. The molecule has 0 saturated carbocycles. The highest BCUT2D eigenvalue weighted by Crippen LogP contribution is 2.40. The summed E-state index contributed by atoms with van der Waals surface area (Å²) in [6, 6.07) is 0.992. The minimum Gasteiger partial charge on any atom is -0.347 e. The second-order valence-electron chi connectivity index (χ2n) is 6.47. The van der Waals surface area contributed by atoms with Crippen LogP contribution in [-0.4, -0.2) is 44.7 Å². The molecule has 0 amide bonds. The van der Waals surface area contributed by atoms with Crippen molar-refractivity contribution in [1.29, 1.82) is 0 Å². The first-order valence-corrected chi connectivity index (χ1v) is 9.84. The number of sulfonamides is 1. The van der Waals surface area contributed by atoms with Crippen LogP contribution >= 0.6 is 0 Å². The minimum absolute atomic E-state index is 0.165. The third-order valence-electron chi connectivity index (χ3n) is 4.76. The average Bonchev–Trinajstić information content (AvgIpc) is 3.35. The number of nitrogens with one attached hydrogen (secondary N) is 2. The molecule has 0 spiro atoms. The van der Waals surface area contributed by atoms with Gasteiger partial charge < -0.3 is 4.98 Å². The normalized spacial score (nSPS) is 20.6. The molecule has 4 rings (SSSR count). The molecular weight excluding hydrogens is 411 g/mol. The van der Waals surface area contributed by atoms with E-state index < -0.39 is 39.6 Å². The molecule has 152 valence electrons. The number of fused-ring (bicyclic) bond motifs is 1. The van der Waals surface area contributed by atoms with Crippen molar-refractivity contribution in [3.8, 4) is 0 Å². The Hall–Kier alpha value is -2.99. The van der Waals surface area contributed by atoms with Crippen molar-refractivity contribution in [2.24, 2.45) is 0 Å². The number of aromatic amines is 2. The largest absolute Gasteiger partial charge is 0.416 e. The molecule has 1 aliphatic rings. The molecule has 8 nitrogen and oxygen atoms in total. The number of ketones is 1. The van der Waals surface area contributed by atoms with E-state index >= 15 is 0 Å². The van der Waals surface area contributed by atoms with E-state index in [0.29, 0.717) is 17.7 Å². The molecule has 0 fully saturated rings. The number of Topliss-reactive ketones (excluding diaryl/α,β-unsaturated/α-hetero) is 1. The van der Waals surface area contributed by atoms with Crippen LogP contribution in [0, 0.1) is 0 Å². The highest BCUT2D eigenvalue weighted by atomic mass is 32.2. The fourth-order valence-electron chi connectivity index (χ4n) is 3.36. The smallest absolute Gasteiger partial charge is 0.347 e. The molecule has 2 atom stereocenters. The van der Waals surface area contributed by atoms with Crippen molar-refractivity contribution in [2.75, 3.05) is 0 Å². The lowest BCUT2D eigenvalue weighted by atomic mass is 9.95. The fraction of sp³-hybridized carbons (Fsp3) is 0.235. The molecule has 29 heavy (non-hydrogen) atoms. The molecule has 3 aromatic rings. The van der Waals surface area contributed by atoms with Crippen molar-refractivity contribution in [3.63, 3.8) is 0 Å². The second kappa shape index (κ2) is 6.52. The summed E-state index contributed by atoms with van der Waals surface area (Å²) in [4.78, 5) is 19.3. The van der Waals surface area contributed by atoms with Crippen LogP contribution in [0.3, 0.4) is 0 Å². The Kier molecular flexibility index (Phi) is 4.35. The van der Waals surface area contributed by atoms with Gasteiger partial charge in [0.15, 0.2) is 5.78 Å². The van der Waals surface area contributed by atoms with Crippen molar-refractivity contribution < 1.29 is 26.4 Å². The lowest BCUT2D eigenvalue weighted by Gasteiger charge is -2.37. The van der Waals surface area contributed by atoms with Gasteiger partial charge in [0.05, 0.1) is 22.7 Å². The average molecular weight is 425 g/mol. The topological polar surface area (TPSA) is 112 Å². The van der Waals surface area contributed by atoms with E-state index in [2.05, 4.69) is 20.2 Å². The van der Waals surface area contributed by atoms with E-state index in [9.17, 15) is 26.4 Å². The highest BCUT2D eigenvalue weighted by Gasteiger charge is 2.47. The van der Waals surface area contributed by atoms with Gasteiger partial charge in [0, 0.05) is 18.0 Å². The van der Waals surface area contributed by atoms with Gasteiger partial charge in [-0.1, -0.05) is 0 Å². The number of rotatable bonds is 3. The Morgan fingerprint density at radius 1 is 1.17 bits per heavy atom. The Morgan fingerprint density at radius 2 is 1.86 bits per heavy atom. The van der Waals surface area contributed by atoms with Gasteiger partial charge in [-0.15, -0.1) is 0 Å². The molecule has 0 radical (unpaired) electrons. The minimum atomic E-state index is -4.60. The van der Waals surface area contributed by atoms with Gasteiger partial charge in [0.25, 0.3) is 0 Å². The molecule has 0 saturated heterocycles. The van der Waals surface area contributed by atoms with Crippen LogP contribution in [0.1, 0.15) is 40.4 Å². The van der Waals surface area contributed by atoms with Gasteiger partial charge in [0.2, 0.25) is 10.0 Å². The summed E-state index contributed by atoms with van der Waals surface area (Å²) in [5, 5.41) is 6.42. The molecule has 2 aromatic heterocycles. The number of nitrogens with zero attached hydrogens (tertiary/aromatic N) is 3. The summed E-state index contributed by atoms with van der Waals surface area (Å²) in [7, 11) is -4.36. The third kappa shape index (κ3) is 3.04. The Bertz CT molecular complexity index is 1150. The first-order chi connectivity index (χ1) is 13.6. The zero-order valence-corrected chi connectivity index (χ0v) is 15.6. The lowest BCUT2D eigenvalue weighted by Crippen LogP contribution is -2.49. The molecule has 1 aromatic carbocycles. The number of hydrogen-bond donors (Lipinski definition) is 2. The Morgan fingerprint density at radius 3 is 2.45 bits per heavy atom. The monoisotopic (exact) mass is 425 g/mol. The van der Waals surface area contributed by atoms with Crippen LogP contribution in [0.4, 0.5) is 13.2 Å². The number of carbonyl (C=O) groups is 1. The third-order valence-corrected chi connectivity index (χ3v) is 6.71. The predicted octanol–water partition coefficient (Wildman–Crippen LogP) is 2.52. The summed E-state index contributed by atoms with van der Waals surface area (Å²) in [6.45, 7) is 1.41. The molecule has 12 heteroatoms. The predicted molar refractivity (Wildman–Crippen MR) is 93.3 cm³/mol. The Balaban J connectivity index is 1.86. The van der Waals surface area contributed by atoms with Crippen molar-refractivity contribution in [2.45, 2.75) is 30.1 Å². The van der Waals surface area contributed by atoms with E-state index in [0.717, 1.165) is 16.4 Å². The standard InChI is InChI=1S/C17H14F3N5O3S/c1-9-15(26)13-12(8-23-24-13)14(16-21-6-7-22-16)25(9)29(27,28)11-4-2-10(3-5-11)17(18,19)20/h2-9,14H,1H3,(H,21,22)(H,23,24). The van der Waals surface area contributed by atoms with E-state index in [-0.39, 0.29) is 16.4 Å². The van der Waals surface area contributed by atoms with Crippen LogP contribution < -0.4 is 0 Å². The summed E-state index contributed by atoms with van der Waals surface area (Å²) in [6.07, 6.45) is -0.334. The van der Waals surface area contributed by atoms with Crippen LogP contribution in [-0.2, 0) is 16.2 Å². The van der Waals surface area contributed by atoms with Crippen molar-refractivity contribution >= 4 is 15.8 Å². The zero-order valence-electron chi connectivity index (χ0n) is 14.8. The van der Waals surface area contributed by atoms with Gasteiger partial charge in [-0.3, -0.25) is 9.89 Å². The maximum Gasteiger partial charge on any atom is 0.416 e. The van der Waals surface area contributed by atoms with Crippen molar-refractivity contribution in [3.05, 3.63) is 65.5 Å². The van der Waals surface area contributed by atoms with E-state index in [1.165, 1.54) is 25.5 Å². The summed E-state index contributed by atoms with van der Waals surface area (Å²) in [5.41, 5.74) is -0.504. The second-order valence-corrected chi connectivity index (χ2v) is 8.32. The molecule has 0 bridgehead atoms. The van der Waals surface area contributed by atoms with Crippen LogP contribution in [0.25, 0.3) is 0 Å². The maximum absolute atomic E-state index is 13.4. The fourth-order valence-corrected chi connectivity index (χ4v) is 5.09. The summed E-state index contributed by atoms with van der Waals surface area (Å²) < 4.78 is 66.2. The van der Waals surface area contributed by atoms with Gasteiger partial charge in [-0.25, -0.2) is 13.4 Å². The SMILES string of the molecule is CC1C(=O)c2[nH]ncc2C(c2ncc[nH]2)N1S(=O)(=O)c1ccc(C(F)(F)F)cc1.